The van der Waals surface area contributed by atoms with Gasteiger partial charge in [-0.2, -0.15) is 0 Å². The molecule has 4 unspecified atom stereocenters. The number of rotatable bonds is 1. The van der Waals surface area contributed by atoms with Gasteiger partial charge < -0.3 is 10.0 Å². The van der Waals surface area contributed by atoms with E-state index in [1.54, 1.807) is 0 Å². The molecule has 4 atom stereocenters. The van der Waals surface area contributed by atoms with E-state index in [-0.39, 0.29) is 28.7 Å². The highest BCUT2D eigenvalue weighted by Gasteiger charge is 2.55. The number of amides is 1. The zero-order valence-electron chi connectivity index (χ0n) is 7.23. The normalized spacial score (nSPS) is 45.9. The van der Waals surface area contributed by atoms with Crippen LogP contribution >= 0.6 is 11.8 Å². The van der Waals surface area contributed by atoms with Crippen LogP contribution in [0, 0.1) is 5.92 Å². The lowest BCUT2D eigenvalue weighted by atomic mass is 9.94. The van der Waals surface area contributed by atoms with Crippen molar-refractivity contribution in [2.24, 2.45) is 5.92 Å². The Kier molecular flexibility index (Phi) is 1.84. The molecule has 0 saturated carbocycles. The van der Waals surface area contributed by atoms with Crippen LogP contribution in [0.15, 0.2) is 0 Å². The highest BCUT2D eigenvalue weighted by molar-refractivity contribution is 8.00. The molecule has 0 aromatic heterocycles. The summed E-state index contributed by atoms with van der Waals surface area (Å²) in [5, 5.41) is 9.74. The Morgan fingerprint density at radius 1 is 1.67 bits per heavy atom. The Balaban J connectivity index is 2.13. The van der Waals surface area contributed by atoms with Crippen LogP contribution in [-0.2, 0) is 4.79 Å². The van der Waals surface area contributed by atoms with Crippen LogP contribution in [0.5, 0.6) is 0 Å². The van der Waals surface area contributed by atoms with Gasteiger partial charge in [-0.1, -0.05) is 6.92 Å². The summed E-state index contributed by atoms with van der Waals surface area (Å²) >= 11 is 1.52. The Morgan fingerprint density at radius 2 is 2.33 bits per heavy atom. The highest BCUT2D eigenvalue weighted by atomic mass is 32.2. The van der Waals surface area contributed by atoms with Gasteiger partial charge in [-0.25, -0.2) is 0 Å². The van der Waals surface area contributed by atoms with E-state index in [4.69, 9.17) is 0 Å². The number of β-lactam (4-membered cyclic amide) rings is 1. The first-order valence-electron chi connectivity index (χ1n) is 4.32. The molecular weight excluding hydrogens is 174 g/mol. The van der Waals surface area contributed by atoms with Crippen molar-refractivity contribution in [3.05, 3.63) is 0 Å². The van der Waals surface area contributed by atoms with E-state index in [1.165, 1.54) is 11.8 Å². The molecule has 0 aliphatic carbocycles. The molecule has 2 rings (SSSR count). The van der Waals surface area contributed by atoms with Crippen molar-refractivity contribution >= 4 is 17.7 Å². The average Bonchev–Trinajstić information content (AvgIpc) is 2.27. The average molecular weight is 187 g/mol. The summed E-state index contributed by atoms with van der Waals surface area (Å²) in [6.07, 6.45) is 0.895. The first-order valence-corrected chi connectivity index (χ1v) is 5.26. The van der Waals surface area contributed by atoms with Crippen LogP contribution in [0.2, 0.25) is 0 Å². The molecule has 2 heterocycles. The number of carbonyl (C=O) groups excluding carboxylic acids is 1. The fourth-order valence-corrected chi connectivity index (χ4v) is 3.48. The van der Waals surface area contributed by atoms with Crippen molar-refractivity contribution < 1.29 is 9.90 Å². The predicted molar refractivity (Wildman–Crippen MR) is 47.5 cm³/mol. The van der Waals surface area contributed by atoms with Crippen molar-refractivity contribution in [3.63, 3.8) is 0 Å². The van der Waals surface area contributed by atoms with Crippen molar-refractivity contribution in [1.29, 1.82) is 0 Å². The van der Waals surface area contributed by atoms with Crippen molar-refractivity contribution in [3.8, 4) is 0 Å². The van der Waals surface area contributed by atoms with E-state index in [2.05, 4.69) is 0 Å². The maximum absolute atomic E-state index is 11.4. The standard InChI is InChI=1S/C8H13NO2S/c1-3-5-6(10)9-4(2)8(11)12-7(5)9/h4-5,7-8,11H,3H2,1-2H3. The molecule has 2 aliphatic rings. The zero-order chi connectivity index (χ0) is 8.88. The lowest BCUT2D eigenvalue weighted by Gasteiger charge is -2.43. The number of hydrogen-bond donors (Lipinski definition) is 1. The van der Waals surface area contributed by atoms with Crippen molar-refractivity contribution in [2.75, 3.05) is 0 Å². The fraction of sp³-hybridized carbons (Fsp3) is 0.875. The first kappa shape index (κ1) is 8.38. The topological polar surface area (TPSA) is 40.5 Å². The van der Waals surface area contributed by atoms with Crippen LogP contribution in [0.25, 0.3) is 0 Å². The molecular formula is C8H13NO2S. The van der Waals surface area contributed by atoms with Gasteiger partial charge in [0.25, 0.3) is 0 Å². The minimum absolute atomic E-state index is 0.00954. The van der Waals surface area contributed by atoms with Gasteiger partial charge in [-0.15, -0.1) is 11.8 Å². The monoisotopic (exact) mass is 187 g/mol. The Hall–Kier alpha value is -0.220. The van der Waals surface area contributed by atoms with Gasteiger partial charge in [0.05, 0.1) is 17.3 Å². The Labute approximate surface area is 76.1 Å². The lowest BCUT2D eigenvalue weighted by molar-refractivity contribution is -0.153. The molecule has 0 aromatic carbocycles. The molecule has 2 saturated heterocycles. The molecule has 68 valence electrons. The van der Waals surface area contributed by atoms with E-state index in [0.29, 0.717) is 0 Å². The first-order chi connectivity index (χ1) is 5.66. The van der Waals surface area contributed by atoms with Gasteiger partial charge in [-0.05, 0) is 13.3 Å². The highest BCUT2D eigenvalue weighted by Crippen LogP contribution is 2.47. The Morgan fingerprint density at radius 3 is 2.92 bits per heavy atom. The van der Waals surface area contributed by atoms with E-state index >= 15 is 0 Å². The largest absolute Gasteiger partial charge is 0.380 e. The molecule has 0 aromatic rings. The van der Waals surface area contributed by atoms with Gasteiger partial charge in [0.15, 0.2) is 0 Å². The number of nitrogens with zero attached hydrogens (tertiary/aromatic N) is 1. The molecule has 2 fully saturated rings. The number of carbonyl (C=O) groups is 1. The second-order valence-electron chi connectivity index (χ2n) is 3.42. The molecule has 0 radical (unpaired) electrons. The molecule has 2 aliphatic heterocycles. The van der Waals surface area contributed by atoms with Crippen molar-refractivity contribution in [1.82, 2.24) is 4.90 Å². The zero-order valence-corrected chi connectivity index (χ0v) is 8.04. The number of thioether (sulfide) groups is 1. The summed E-state index contributed by atoms with van der Waals surface area (Å²) in [6.45, 7) is 3.93. The van der Waals surface area contributed by atoms with E-state index in [1.807, 2.05) is 18.7 Å². The van der Waals surface area contributed by atoms with Crippen LogP contribution in [0.1, 0.15) is 20.3 Å². The molecule has 3 nitrogen and oxygen atoms in total. The van der Waals surface area contributed by atoms with E-state index in [9.17, 15) is 9.90 Å². The quantitative estimate of drug-likeness (QED) is 0.612. The number of aliphatic hydroxyl groups excluding tert-OH is 1. The van der Waals surface area contributed by atoms with Gasteiger partial charge in [0.1, 0.15) is 5.44 Å². The second kappa shape index (κ2) is 2.64. The van der Waals surface area contributed by atoms with Crippen molar-refractivity contribution in [2.45, 2.75) is 37.1 Å². The summed E-state index contributed by atoms with van der Waals surface area (Å²) in [5.74, 6) is 0.383. The van der Waals surface area contributed by atoms with E-state index < -0.39 is 0 Å². The van der Waals surface area contributed by atoms with E-state index in [0.717, 1.165) is 6.42 Å². The maximum Gasteiger partial charge on any atom is 0.229 e. The van der Waals surface area contributed by atoms with Crippen LogP contribution in [0.4, 0.5) is 0 Å². The molecule has 1 N–H and O–H groups in total. The Bertz CT molecular complexity index is 221. The predicted octanol–water partition coefficient (Wildman–Crippen LogP) is 0.635. The molecule has 12 heavy (non-hydrogen) atoms. The molecule has 1 amide bonds. The fourth-order valence-electron chi connectivity index (χ4n) is 1.91. The molecule has 4 heteroatoms. The SMILES string of the molecule is CCC1C(=O)N2C(C)C(O)SC12. The third-order valence-electron chi connectivity index (χ3n) is 2.76. The maximum atomic E-state index is 11.4. The van der Waals surface area contributed by atoms with Gasteiger partial charge >= 0.3 is 0 Å². The third-order valence-corrected chi connectivity index (χ3v) is 4.27. The second-order valence-corrected chi connectivity index (χ2v) is 4.66. The van der Waals surface area contributed by atoms with Crippen LogP contribution in [-0.4, -0.2) is 32.8 Å². The summed E-state index contributed by atoms with van der Waals surface area (Å²) in [5.41, 5.74) is -0.379. The number of aliphatic hydroxyl groups is 1. The van der Waals surface area contributed by atoms with Gasteiger partial charge in [0.2, 0.25) is 5.91 Å². The minimum atomic E-state index is -0.379. The summed E-state index contributed by atoms with van der Waals surface area (Å²) in [6, 6.07) is 0.00954. The van der Waals surface area contributed by atoms with Gasteiger partial charge in [0, 0.05) is 0 Å². The number of fused-ring (bicyclic) bond motifs is 1. The number of hydrogen-bond acceptors (Lipinski definition) is 3. The van der Waals surface area contributed by atoms with Crippen LogP contribution in [0.3, 0.4) is 0 Å². The lowest BCUT2D eigenvalue weighted by Crippen LogP contribution is -2.58. The molecule has 0 spiro atoms. The summed E-state index contributed by atoms with van der Waals surface area (Å²) < 4.78 is 0. The third kappa shape index (κ3) is 0.850. The summed E-state index contributed by atoms with van der Waals surface area (Å²) in [7, 11) is 0. The molecule has 0 bridgehead atoms. The van der Waals surface area contributed by atoms with Crippen LogP contribution < -0.4 is 0 Å². The smallest absolute Gasteiger partial charge is 0.229 e. The summed E-state index contributed by atoms with van der Waals surface area (Å²) in [4.78, 5) is 13.2. The van der Waals surface area contributed by atoms with Gasteiger partial charge in [-0.3, -0.25) is 4.79 Å². The minimum Gasteiger partial charge on any atom is -0.380 e.